The lowest BCUT2D eigenvalue weighted by Gasteiger charge is -2.36. The molecule has 9 heteroatoms. The molecule has 0 atom stereocenters. The Morgan fingerprint density at radius 1 is 1.24 bits per heavy atom. The minimum atomic E-state index is -1.02. The highest BCUT2D eigenvalue weighted by atomic mass is 35.5. The second-order valence-corrected chi connectivity index (χ2v) is 11.0. The fourth-order valence-corrected chi connectivity index (χ4v) is 5.38. The number of aromatic nitrogens is 1. The third-order valence-electron chi connectivity index (χ3n) is 6.24. The Labute approximate surface area is 203 Å². The van der Waals surface area contributed by atoms with Gasteiger partial charge in [0, 0.05) is 24.4 Å². The molecule has 33 heavy (non-hydrogen) atoms. The van der Waals surface area contributed by atoms with E-state index in [1.165, 1.54) is 11.3 Å². The lowest BCUT2D eigenvalue weighted by atomic mass is 9.96. The van der Waals surface area contributed by atoms with Crippen molar-refractivity contribution in [2.75, 3.05) is 26.4 Å². The number of piperidine rings is 1. The molecule has 2 saturated heterocycles. The second-order valence-electron chi connectivity index (χ2n) is 9.70. The minimum Gasteiger partial charge on any atom is -0.476 e. The van der Waals surface area contributed by atoms with Crippen molar-refractivity contribution in [1.82, 2.24) is 14.8 Å². The third-order valence-corrected chi connectivity index (χ3v) is 7.56. The predicted molar refractivity (Wildman–Crippen MR) is 128 cm³/mol. The van der Waals surface area contributed by atoms with Crippen molar-refractivity contribution in [3.05, 3.63) is 45.4 Å². The van der Waals surface area contributed by atoms with Crippen LogP contribution in [0.25, 0.3) is 0 Å². The summed E-state index contributed by atoms with van der Waals surface area (Å²) in [4.78, 5) is 34.3. The Bertz CT molecular complexity index is 1030. The first kappa shape index (κ1) is 24.0. The van der Waals surface area contributed by atoms with Crippen LogP contribution in [0, 0.1) is 0 Å². The van der Waals surface area contributed by atoms with Gasteiger partial charge in [0.15, 0.2) is 5.60 Å². The zero-order valence-corrected chi connectivity index (χ0v) is 21.0. The van der Waals surface area contributed by atoms with Crippen LogP contribution in [0.2, 0.25) is 5.02 Å². The molecule has 0 unspecified atom stereocenters. The largest absolute Gasteiger partial charge is 0.476 e. The number of rotatable bonds is 5. The molecular weight excluding hydrogens is 462 g/mol. The van der Waals surface area contributed by atoms with Gasteiger partial charge < -0.3 is 19.3 Å². The maximum atomic E-state index is 13.2. The molecule has 2 fully saturated rings. The van der Waals surface area contributed by atoms with Crippen LogP contribution in [0.5, 0.6) is 5.75 Å². The van der Waals surface area contributed by atoms with Crippen LogP contribution >= 0.6 is 22.9 Å². The van der Waals surface area contributed by atoms with E-state index >= 15 is 0 Å². The fraction of sp³-hybridized carbons (Fsp3) is 0.542. The van der Waals surface area contributed by atoms with Crippen molar-refractivity contribution in [2.45, 2.75) is 57.6 Å². The summed E-state index contributed by atoms with van der Waals surface area (Å²) in [7, 11) is 0. The molecule has 2 aliphatic heterocycles. The fourth-order valence-electron chi connectivity index (χ4n) is 4.24. The van der Waals surface area contributed by atoms with Gasteiger partial charge in [0.05, 0.1) is 22.2 Å². The lowest BCUT2D eigenvalue weighted by Crippen LogP contribution is -2.51. The molecule has 0 saturated carbocycles. The van der Waals surface area contributed by atoms with Gasteiger partial charge in [-0.1, -0.05) is 23.7 Å². The van der Waals surface area contributed by atoms with Gasteiger partial charge in [0.2, 0.25) is 0 Å². The van der Waals surface area contributed by atoms with E-state index in [-0.39, 0.29) is 23.3 Å². The van der Waals surface area contributed by atoms with E-state index in [2.05, 4.69) is 4.98 Å². The standard InChI is InChI=1S/C24H30ClN3O4S/c1-23(2)14-31-15-28(23)21(29)18-13-33-20(26-18)16-9-11-27(12-10-16)22(30)24(3,4)32-19-8-6-5-7-17(19)25/h5-8,13,16H,9-12,14-15H2,1-4H3. The van der Waals surface area contributed by atoms with Crippen molar-refractivity contribution in [2.24, 2.45) is 0 Å². The van der Waals surface area contributed by atoms with Gasteiger partial charge in [0.1, 0.15) is 18.2 Å². The van der Waals surface area contributed by atoms with E-state index < -0.39 is 5.60 Å². The Kier molecular flexibility index (Phi) is 6.71. The first-order valence-electron chi connectivity index (χ1n) is 11.2. The van der Waals surface area contributed by atoms with Gasteiger partial charge in [-0.3, -0.25) is 9.59 Å². The van der Waals surface area contributed by atoms with Crippen LogP contribution in [-0.4, -0.2) is 64.2 Å². The molecule has 1 aromatic heterocycles. The number of para-hydroxylation sites is 1. The highest BCUT2D eigenvalue weighted by molar-refractivity contribution is 7.09. The number of thiazole rings is 1. The van der Waals surface area contributed by atoms with Crippen molar-refractivity contribution >= 4 is 34.8 Å². The summed E-state index contributed by atoms with van der Waals surface area (Å²) >= 11 is 7.72. The lowest BCUT2D eigenvalue weighted by molar-refractivity contribution is -0.146. The van der Waals surface area contributed by atoms with Crippen LogP contribution in [0.15, 0.2) is 29.6 Å². The third kappa shape index (κ3) is 5.03. The number of hydrogen-bond acceptors (Lipinski definition) is 6. The van der Waals surface area contributed by atoms with Crippen molar-refractivity contribution in [3.63, 3.8) is 0 Å². The molecule has 2 amide bonds. The molecule has 4 rings (SSSR count). The molecule has 0 N–H and O–H groups in total. The highest BCUT2D eigenvalue weighted by Crippen LogP contribution is 2.33. The smallest absolute Gasteiger partial charge is 0.275 e. The van der Waals surface area contributed by atoms with E-state index in [4.69, 9.17) is 21.1 Å². The molecule has 3 heterocycles. The van der Waals surface area contributed by atoms with Gasteiger partial charge in [-0.05, 0) is 52.7 Å². The predicted octanol–water partition coefficient (Wildman–Crippen LogP) is 4.57. The van der Waals surface area contributed by atoms with Gasteiger partial charge >= 0.3 is 0 Å². The second kappa shape index (κ2) is 9.24. The van der Waals surface area contributed by atoms with Crippen molar-refractivity contribution in [3.8, 4) is 5.75 Å². The zero-order valence-electron chi connectivity index (χ0n) is 19.5. The molecule has 0 radical (unpaired) electrons. The molecule has 0 aliphatic carbocycles. The number of ether oxygens (including phenoxy) is 2. The number of amides is 2. The molecule has 2 aromatic rings. The maximum Gasteiger partial charge on any atom is 0.275 e. The summed E-state index contributed by atoms with van der Waals surface area (Å²) in [6, 6.07) is 7.16. The first-order chi connectivity index (χ1) is 15.6. The molecule has 2 aliphatic rings. The summed E-state index contributed by atoms with van der Waals surface area (Å²) < 4.78 is 11.4. The minimum absolute atomic E-state index is 0.0628. The summed E-state index contributed by atoms with van der Waals surface area (Å²) in [6.45, 7) is 9.59. The number of likely N-dealkylation sites (tertiary alicyclic amines) is 1. The van der Waals surface area contributed by atoms with Crippen LogP contribution in [0.3, 0.4) is 0 Å². The van der Waals surface area contributed by atoms with E-state index in [1.807, 2.05) is 36.3 Å². The van der Waals surface area contributed by atoms with Crippen LogP contribution in [-0.2, 0) is 9.53 Å². The van der Waals surface area contributed by atoms with E-state index in [9.17, 15) is 9.59 Å². The molecule has 0 spiro atoms. The topological polar surface area (TPSA) is 72.0 Å². The monoisotopic (exact) mass is 491 g/mol. The molecular formula is C24H30ClN3O4S. The highest BCUT2D eigenvalue weighted by Gasteiger charge is 2.39. The molecule has 178 valence electrons. The van der Waals surface area contributed by atoms with E-state index in [0.717, 1.165) is 17.8 Å². The number of hydrogen-bond donors (Lipinski definition) is 0. The van der Waals surface area contributed by atoms with E-state index in [0.29, 0.717) is 42.9 Å². The Morgan fingerprint density at radius 2 is 1.94 bits per heavy atom. The van der Waals surface area contributed by atoms with Crippen molar-refractivity contribution in [1.29, 1.82) is 0 Å². The molecule has 0 bridgehead atoms. The Balaban J connectivity index is 1.36. The molecule has 7 nitrogen and oxygen atoms in total. The average molecular weight is 492 g/mol. The maximum absolute atomic E-state index is 13.2. The quantitative estimate of drug-likeness (QED) is 0.612. The van der Waals surface area contributed by atoms with Crippen molar-refractivity contribution < 1.29 is 19.1 Å². The van der Waals surface area contributed by atoms with Gasteiger partial charge in [0.25, 0.3) is 11.8 Å². The number of carbonyl (C=O) groups excluding carboxylic acids is 2. The summed E-state index contributed by atoms with van der Waals surface area (Å²) in [6.07, 6.45) is 1.60. The number of carbonyl (C=O) groups is 2. The summed E-state index contributed by atoms with van der Waals surface area (Å²) in [5, 5.41) is 3.27. The summed E-state index contributed by atoms with van der Waals surface area (Å²) in [5.41, 5.74) is -0.879. The Hall–Kier alpha value is -2.16. The van der Waals surface area contributed by atoms with Crippen LogP contribution < -0.4 is 4.74 Å². The number of nitrogens with zero attached hydrogens (tertiary/aromatic N) is 3. The number of benzene rings is 1. The SMILES string of the molecule is CC(C)(Oc1ccccc1Cl)C(=O)N1CCC(c2nc(C(=O)N3COCC3(C)C)cs2)CC1. The van der Waals surface area contributed by atoms with Crippen LogP contribution in [0.1, 0.15) is 62.0 Å². The average Bonchev–Trinajstić information content (AvgIpc) is 3.41. The normalized spacial score (nSPS) is 19.1. The number of halogens is 1. The van der Waals surface area contributed by atoms with Gasteiger partial charge in [-0.25, -0.2) is 4.98 Å². The molecule has 1 aromatic carbocycles. The first-order valence-corrected chi connectivity index (χ1v) is 12.4. The van der Waals surface area contributed by atoms with Gasteiger partial charge in [-0.2, -0.15) is 0 Å². The summed E-state index contributed by atoms with van der Waals surface area (Å²) in [5.74, 6) is 0.577. The Morgan fingerprint density at radius 3 is 2.58 bits per heavy atom. The van der Waals surface area contributed by atoms with E-state index in [1.54, 1.807) is 30.9 Å². The zero-order chi connectivity index (χ0) is 23.8. The van der Waals surface area contributed by atoms with Crippen LogP contribution in [0.4, 0.5) is 0 Å². The van der Waals surface area contributed by atoms with Gasteiger partial charge in [-0.15, -0.1) is 11.3 Å².